The first-order valence-electron chi connectivity index (χ1n) is 7.28. The Hall–Kier alpha value is -0.910. The fourth-order valence-corrected chi connectivity index (χ4v) is 4.50. The SMILES string of the molecule is COC(=O)c1ccc(CN2[C@@H]3CCC[C@H]2CC(O)C3)s1. The zero-order chi connectivity index (χ0) is 14.1. The van der Waals surface area contributed by atoms with Crippen LogP contribution in [0.4, 0.5) is 0 Å². The first-order valence-corrected chi connectivity index (χ1v) is 8.10. The maximum Gasteiger partial charge on any atom is 0.348 e. The quantitative estimate of drug-likeness (QED) is 0.870. The van der Waals surface area contributed by atoms with Crippen molar-refractivity contribution in [3.05, 3.63) is 21.9 Å². The van der Waals surface area contributed by atoms with Crippen molar-refractivity contribution in [3.63, 3.8) is 0 Å². The molecule has 0 amide bonds. The first-order chi connectivity index (χ1) is 9.67. The molecule has 3 heterocycles. The van der Waals surface area contributed by atoms with E-state index in [0.29, 0.717) is 17.0 Å². The Labute approximate surface area is 123 Å². The van der Waals surface area contributed by atoms with E-state index in [4.69, 9.17) is 4.74 Å². The topological polar surface area (TPSA) is 49.8 Å². The van der Waals surface area contributed by atoms with Crippen molar-refractivity contribution >= 4 is 17.3 Å². The second-order valence-corrected chi connectivity index (χ2v) is 6.96. The summed E-state index contributed by atoms with van der Waals surface area (Å²) in [4.78, 5) is 15.9. The summed E-state index contributed by atoms with van der Waals surface area (Å²) in [6.45, 7) is 0.893. The monoisotopic (exact) mass is 295 g/mol. The fraction of sp³-hybridized carbons (Fsp3) is 0.667. The molecule has 4 nitrogen and oxygen atoms in total. The van der Waals surface area contributed by atoms with Gasteiger partial charge >= 0.3 is 5.97 Å². The van der Waals surface area contributed by atoms with E-state index in [0.717, 1.165) is 19.4 Å². The van der Waals surface area contributed by atoms with Crippen LogP contribution >= 0.6 is 11.3 Å². The van der Waals surface area contributed by atoms with Gasteiger partial charge in [-0.3, -0.25) is 4.90 Å². The third kappa shape index (κ3) is 2.75. The normalized spacial score (nSPS) is 30.2. The van der Waals surface area contributed by atoms with Crippen molar-refractivity contribution < 1.29 is 14.6 Å². The Morgan fingerprint density at radius 1 is 1.40 bits per heavy atom. The summed E-state index contributed by atoms with van der Waals surface area (Å²) in [5.74, 6) is -0.254. The van der Waals surface area contributed by atoms with Gasteiger partial charge in [0.1, 0.15) is 4.88 Å². The number of piperidine rings is 2. The molecule has 1 aromatic heterocycles. The van der Waals surface area contributed by atoms with Crippen molar-refractivity contribution in [1.29, 1.82) is 0 Å². The molecule has 1 aromatic rings. The van der Waals surface area contributed by atoms with Gasteiger partial charge in [0.2, 0.25) is 0 Å². The van der Waals surface area contributed by atoms with Gasteiger partial charge in [-0.2, -0.15) is 0 Å². The van der Waals surface area contributed by atoms with E-state index in [2.05, 4.69) is 4.90 Å². The minimum absolute atomic E-state index is 0.129. The standard InChI is InChI=1S/C15H21NO3S/c1-19-15(18)14-6-5-13(20-14)9-16-10-3-2-4-11(16)8-12(17)7-10/h5-6,10-12,17H,2-4,7-9H2,1H3/t10-,11+,12?. The molecule has 1 N–H and O–H groups in total. The van der Waals surface area contributed by atoms with Crippen molar-refractivity contribution in [2.75, 3.05) is 7.11 Å². The molecule has 2 aliphatic heterocycles. The van der Waals surface area contributed by atoms with E-state index in [1.807, 2.05) is 12.1 Å². The molecule has 2 bridgehead atoms. The van der Waals surface area contributed by atoms with Crippen LogP contribution in [0.15, 0.2) is 12.1 Å². The zero-order valence-corrected chi connectivity index (χ0v) is 12.6. The summed E-state index contributed by atoms with van der Waals surface area (Å²) < 4.78 is 4.75. The van der Waals surface area contributed by atoms with Crippen LogP contribution < -0.4 is 0 Å². The number of rotatable bonds is 3. The largest absolute Gasteiger partial charge is 0.465 e. The average molecular weight is 295 g/mol. The molecule has 0 spiro atoms. The number of hydrogen-bond acceptors (Lipinski definition) is 5. The van der Waals surface area contributed by atoms with Gasteiger partial charge in [0.15, 0.2) is 0 Å². The zero-order valence-electron chi connectivity index (χ0n) is 11.7. The smallest absolute Gasteiger partial charge is 0.348 e. The van der Waals surface area contributed by atoms with Crippen LogP contribution in [0, 0.1) is 0 Å². The highest BCUT2D eigenvalue weighted by molar-refractivity contribution is 7.13. The highest BCUT2D eigenvalue weighted by Gasteiger charge is 2.37. The lowest BCUT2D eigenvalue weighted by Gasteiger charge is -2.47. The van der Waals surface area contributed by atoms with E-state index in [1.165, 1.54) is 42.6 Å². The Morgan fingerprint density at radius 3 is 2.75 bits per heavy atom. The van der Waals surface area contributed by atoms with Gasteiger partial charge in [0.05, 0.1) is 13.2 Å². The van der Waals surface area contributed by atoms with Gasteiger partial charge in [0.25, 0.3) is 0 Å². The van der Waals surface area contributed by atoms with Crippen molar-refractivity contribution in [3.8, 4) is 0 Å². The minimum atomic E-state index is -0.254. The minimum Gasteiger partial charge on any atom is -0.465 e. The Morgan fingerprint density at radius 2 is 2.10 bits per heavy atom. The van der Waals surface area contributed by atoms with E-state index in [-0.39, 0.29) is 12.1 Å². The number of carbonyl (C=O) groups is 1. The number of aliphatic hydroxyl groups excluding tert-OH is 1. The molecule has 0 saturated carbocycles. The summed E-state index contributed by atoms with van der Waals surface area (Å²) in [7, 11) is 1.41. The van der Waals surface area contributed by atoms with Crippen LogP contribution in [0.5, 0.6) is 0 Å². The van der Waals surface area contributed by atoms with E-state index in [1.54, 1.807) is 0 Å². The van der Waals surface area contributed by atoms with Gasteiger partial charge in [-0.15, -0.1) is 11.3 Å². The first kappa shape index (κ1) is 14.0. The number of nitrogens with zero attached hydrogens (tertiary/aromatic N) is 1. The molecular formula is C15H21NO3S. The number of fused-ring (bicyclic) bond motifs is 2. The molecule has 5 heteroatoms. The van der Waals surface area contributed by atoms with Gasteiger partial charge in [-0.05, 0) is 37.8 Å². The highest BCUT2D eigenvalue weighted by Crippen LogP contribution is 2.36. The molecule has 3 rings (SSSR count). The van der Waals surface area contributed by atoms with E-state index in [9.17, 15) is 9.90 Å². The number of ether oxygens (including phenoxy) is 1. The van der Waals surface area contributed by atoms with Crippen LogP contribution in [0.2, 0.25) is 0 Å². The lowest BCUT2D eigenvalue weighted by atomic mass is 9.83. The van der Waals surface area contributed by atoms with Crippen molar-refractivity contribution in [2.45, 2.75) is 56.8 Å². The number of hydrogen-bond donors (Lipinski definition) is 1. The molecule has 20 heavy (non-hydrogen) atoms. The summed E-state index contributed by atoms with van der Waals surface area (Å²) in [6, 6.07) is 4.88. The molecule has 1 unspecified atom stereocenters. The summed E-state index contributed by atoms with van der Waals surface area (Å²) in [6.07, 6.45) is 5.30. The second kappa shape index (κ2) is 5.84. The average Bonchev–Trinajstić information content (AvgIpc) is 2.87. The molecule has 0 aliphatic carbocycles. The number of thiophene rings is 1. The summed E-state index contributed by atoms with van der Waals surface area (Å²) in [5.41, 5.74) is 0. The Kier molecular flexibility index (Phi) is 4.10. The van der Waals surface area contributed by atoms with Crippen LogP contribution in [-0.2, 0) is 11.3 Å². The maximum absolute atomic E-state index is 11.5. The Balaban J connectivity index is 1.71. The van der Waals surface area contributed by atoms with Gasteiger partial charge in [-0.1, -0.05) is 6.42 Å². The van der Waals surface area contributed by atoms with Crippen LogP contribution in [0.25, 0.3) is 0 Å². The van der Waals surface area contributed by atoms with Gasteiger partial charge < -0.3 is 9.84 Å². The predicted octanol–water partition coefficient (Wildman–Crippen LogP) is 2.41. The molecule has 2 saturated heterocycles. The molecular weight excluding hydrogens is 274 g/mol. The van der Waals surface area contributed by atoms with Crippen LogP contribution in [0.3, 0.4) is 0 Å². The third-order valence-electron chi connectivity index (χ3n) is 4.49. The summed E-state index contributed by atoms with van der Waals surface area (Å²) >= 11 is 1.52. The molecule has 2 fully saturated rings. The lowest BCUT2D eigenvalue weighted by molar-refractivity contribution is -0.0307. The molecule has 2 aliphatic rings. The fourth-order valence-electron chi connectivity index (χ4n) is 3.56. The molecule has 0 radical (unpaired) electrons. The lowest BCUT2D eigenvalue weighted by Crippen LogP contribution is -2.52. The maximum atomic E-state index is 11.5. The molecule has 0 aromatic carbocycles. The predicted molar refractivity (Wildman–Crippen MR) is 77.9 cm³/mol. The molecule has 3 atom stereocenters. The van der Waals surface area contributed by atoms with E-state index >= 15 is 0 Å². The van der Waals surface area contributed by atoms with Gasteiger partial charge in [0, 0.05) is 23.5 Å². The number of esters is 1. The summed E-state index contributed by atoms with van der Waals surface area (Å²) in [5, 5.41) is 9.92. The second-order valence-electron chi connectivity index (χ2n) is 5.79. The van der Waals surface area contributed by atoms with Crippen LogP contribution in [0.1, 0.15) is 46.7 Å². The molecule has 110 valence electrons. The van der Waals surface area contributed by atoms with Crippen LogP contribution in [-0.4, -0.2) is 41.3 Å². The van der Waals surface area contributed by atoms with Crippen molar-refractivity contribution in [2.24, 2.45) is 0 Å². The van der Waals surface area contributed by atoms with Crippen molar-refractivity contribution in [1.82, 2.24) is 4.90 Å². The van der Waals surface area contributed by atoms with E-state index < -0.39 is 0 Å². The number of methoxy groups -OCH3 is 1. The number of carbonyl (C=O) groups excluding carboxylic acids is 1. The van der Waals surface area contributed by atoms with Gasteiger partial charge in [-0.25, -0.2) is 4.79 Å². The third-order valence-corrected chi connectivity index (χ3v) is 5.54. The number of aliphatic hydroxyl groups is 1. The highest BCUT2D eigenvalue weighted by atomic mass is 32.1. The Bertz CT molecular complexity index is 473.